The summed E-state index contributed by atoms with van der Waals surface area (Å²) < 4.78 is 0. The molecule has 96 valence electrons. The molecule has 0 saturated carbocycles. The van der Waals surface area contributed by atoms with E-state index in [2.05, 4.69) is 43.3 Å². The van der Waals surface area contributed by atoms with Gasteiger partial charge in [0.15, 0.2) is 0 Å². The zero-order valence-electron chi connectivity index (χ0n) is 11.2. The molecule has 0 spiro atoms. The van der Waals surface area contributed by atoms with Crippen LogP contribution in [0.4, 0.5) is 0 Å². The Balaban J connectivity index is 2.29. The van der Waals surface area contributed by atoms with Gasteiger partial charge in [0.2, 0.25) is 0 Å². The summed E-state index contributed by atoms with van der Waals surface area (Å²) in [5.74, 6) is 1.78. The number of rotatable bonds is 6. The van der Waals surface area contributed by atoms with Crippen LogP contribution >= 0.6 is 12.6 Å². The molecule has 0 aromatic carbocycles. The van der Waals surface area contributed by atoms with E-state index in [0.717, 1.165) is 17.7 Å². The zero-order chi connectivity index (χ0) is 12.0. The molecular formula is C13H28N2S. The second-order valence-electron chi connectivity index (χ2n) is 5.06. The number of nitrogens with zero attached hydrogens (tertiary/aromatic N) is 2. The van der Waals surface area contributed by atoms with E-state index in [1.807, 2.05) is 0 Å². The van der Waals surface area contributed by atoms with Gasteiger partial charge in [-0.2, -0.15) is 12.6 Å². The average molecular weight is 244 g/mol. The lowest BCUT2D eigenvalue weighted by molar-refractivity contribution is 0.121. The van der Waals surface area contributed by atoms with Crippen LogP contribution in [0.2, 0.25) is 0 Å². The minimum Gasteiger partial charge on any atom is -0.303 e. The molecule has 0 radical (unpaired) electrons. The van der Waals surface area contributed by atoms with Gasteiger partial charge in [-0.1, -0.05) is 20.3 Å². The van der Waals surface area contributed by atoms with Crippen molar-refractivity contribution in [2.75, 3.05) is 39.0 Å². The maximum absolute atomic E-state index is 4.43. The number of thiol groups is 1. The molecular weight excluding hydrogens is 216 g/mol. The quantitative estimate of drug-likeness (QED) is 0.717. The smallest absolute Gasteiger partial charge is 0.0117 e. The first kappa shape index (κ1) is 14.3. The van der Waals surface area contributed by atoms with Crippen LogP contribution in [-0.2, 0) is 0 Å². The van der Waals surface area contributed by atoms with E-state index < -0.39 is 0 Å². The Morgan fingerprint density at radius 2 is 1.94 bits per heavy atom. The van der Waals surface area contributed by atoms with Crippen LogP contribution in [0.15, 0.2) is 0 Å². The van der Waals surface area contributed by atoms with Crippen LogP contribution in [0.5, 0.6) is 0 Å². The normalized spacial score (nSPS) is 21.6. The number of hydrogen-bond donors (Lipinski definition) is 1. The molecule has 1 fully saturated rings. The fraction of sp³-hybridized carbons (Fsp3) is 1.00. The molecule has 3 heteroatoms. The topological polar surface area (TPSA) is 6.48 Å². The maximum Gasteiger partial charge on any atom is 0.0117 e. The number of likely N-dealkylation sites (tertiary alicyclic amines) is 1. The van der Waals surface area contributed by atoms with Crippen LogP contribution in [-0.4, -0.2) is 54.8 Å². The Morgan fingerprint density at radius 3 is 2.38 bits per heavy atom. The lowest BCUT2D eigenvalue weighted by Gasteiger charge is -2.37. The van der Waals surface area contributed by atoms with Crippen LogP contribution in [0, 0.1) is 5.92 Å². The van der Waals surface area contributed by atoms with Gasteiger partial charge < -0.3 is 9.80 Å². The van der Waals surface area contributed by atoms with E-state index in [-0.39, 0.29) is 0 Å². The largest absolute Gasteiger partial charge is 0.303 e. The molecule has 0 amide bonds. The lowest BCUT2D eigenvalue weighted by Crippen LogP contribution is -2.44. The molecule has 0 aliphatic carbocycles. The highest BCUT2D eigenvalue weighted by molar-refractivity contribution is 7.80. The fourth-order valence-corrected chi connectivity index (χ4v) is 2.92. The van der Waals surface area contributed by atoms with Crippen LogP contribution in [0.1, 0.15) is 33.1 Å². The third kappa shape index (κ3) is 4.27. The third-order valence-corrected chi connectivity index (χ3v) is 4.53. The Labute approximate surface area is 107 Å². The maximum atomic E-state index is 4.43. The van der Waals surface area contributed by atoms with E-state index in [4.69, 9.17) is 0 Å². The predicted octanol–water partition coefficient (Wildman–Crippen LogP) is 2.36. The van der Waals surface area contributed by atoms with Crippen molar-refractivity contribution < 1.29 is 0 Å². The van der Waals surface area contributed by atoms with Crippen molar-refractivity contribution >= 4 is 12.6 Å². The van der Waals surface area contributed by atoms with E-state index in [1.165, 1.54) is 45.4 Å². The molecule has 2 nitrogen and oxygen atoms in total. The lowest BCUT2D eigenvalue weighted by atomic mass is 10.0. The fourth-order valence-electron chi connectivity index (χ4n) is 2.55. The molecule has 1 atom stereocenters. The Kier molecular flexibility index (Phi) is 6.78. The summed E-state index contributed by atoms with van der Waals surface area (Å²) >= 11 is 4.43. The van der Waals surface area contributed by atoms with Crippen molar-refractivity contribution in [1.29, 1.82) is 0 Å². The van der Waals surface area contributed by atoms with Gasteiger partial charge in [0.1, 0.15) is 0 Å². The van der Waals surface area contributed by atoms with Gasteiger partial charge in [-0.05, 0) is 51.2 Å². The third-order valence-electron chi connectivity index (χ3n) is 4.01. The highest BCUT2D eigenvalue weighted by atomic mass is 32.1. The molecule has 16 heavy (non-hydrogen) atoms. The monoisotopic (exact) mass is 244 g/mol. The van der Waals surface area contributed by atoms with Gasteiger partial charge in [-0.15, -0.1) is 0 Å². The number of hydrogen-bond acceptors (Lipinski definition) is 3. The molecule has 1 saturated heterocycles. The zero-order valence-corrected chi connectivity index (χ0v) is 12.0. The standard InChI is InChI=1S/C13H28N2S/c1-4-12(11-16)10-14(3)13-6-8-15(5-2)9-7-13/h12-13,16H,4-11H2,1-3H3. The van der Waals surface area contributed by atoms with Crippen molar-refractivity contribution in [2.24, 2.45) is 5.92 Å². The molecule has 0 aromatic heterocycles. The van der Waals surface area contributed by atoms with E-state index >= 15 is 0 Å². The minimum atomic E-state index is 0.762. The highest BCUT2D eigenvalue weighted by Crippen LogP contribution is 2.17. The van der Waals surface area contributed by atoms with Crippen molar-refractivity contribution in [3.63, 3.8) is 0 Å². The summed E-state index contributed by atoms with van der Waals surface area (Å²) in [5.41, 5.74) is 0. The van der Waals surface area contributed by atoms with Crippen molar-refractivity contribution in [1.82, 2.24) is 9.80 Å². The molecule has 1 rings (SSSR count). The first-order valence-corrected chi connectivity index (χ1v) is 7.37. The minimum absolute atomic E-state index is 0.762. The summed E-state index contributed by atoms with van der Waals surface area (Å²) in [6, 6.07) is 0.803. The summed E-state index contributed by atoms with van der Waals surface area (Å²) in [6.07, 6.45) is 3.93. The summed E-state index contributed by atoms with van der Waals surface area (Å²) in [7, 11) is 2.29. The van der Waals surface area contributed by atoms with Gasteiger partial charge in [0, 0.05) is 12.6 Å². The van der Waals surface area contributed by atoms with E-state index in [9.17, 15) is 0 Å². The van der Waals surface area contributed by atoms with Crippen molar-refractivity contribution in [3.05, 3.63) is 0 Å². The molecule has 0 bridgehead atoms. The molecule has 0 aromatic rings. The molecule has 1 aliphatic heterocycles. The van der Waals surface area contributed by atoms with Gasteiger partial charge in [0.05, 0.1) is 0 Å². The SMILES string of the molecule is CCC(CS)CN(C)C1CCN(CC)CC1. The Morgan fingerprint density at radius 1 is 1.31 bits per heavy atom. The molecule has 0 N–H and O–H groups in total. The molecule has 1 aliphatic rings. The van der Waals surface area contributed by atoms with Crippen LogP contribution in [0.25, 0.3) is 0 Å². The van der Waals surface area contributed by atoms with Crippen molar-refractivity contribution in [3.8, 4) is 0 Å². The Hall–Kier alpha value is 0.270. The number of piperidine rings is 1. The van der Waals surface area contributed by atoms with Gasteiger partial charge in [0.25, 0.3) is 0 Å². The Bertz CT molecular complexity index is 175. The second-order valence-corrected chi connectivity index (χ2v) is 5.43. The second kappa shape index (κ2) is 7.57. The summed E-state index contributed by atoms with van der Waals surface area (Å²) in [4.78, 5) is 5.12. The summed E-state index contributed by atoms with van der Waals surface area (Å²) in [5, 5.41) is 0. The van der Waals surface area contributed by atoms with E-state index in [0.29, 0.717) is 0 Å². The van der Waals surface area contributed by atoms with Gasteiger partial charge >= 0.3 is 0 Å². The van der Waals surface area contributed by atoms with Crippen LogP contribution in [0.3, 0.4) is 0 Å². The first-order valence-electron chi connectivity index (χ1n) is 6.74. The molecule has 1 unspecified atom stereocenters. The van der Waals surface area contributed by atoms with Crippen molar-refractivity contribution in [2.45, 2.75) is 39.2 Å². The average Bonchev–Trinajstić information content (AvgIpc) is 2.35. The first-order chi connectivity index (χ1) is 7.71. The van der Waals surface area contributed by atoms with Gasteiger partial charge in [-0.25, -0.2) is 0 Å². The molecule has 1 heterocycles. The van der Waals surface area contributed by atoms with Gasteiger partial charge in [-0.3, -0.25) is 0 Å². The highest BCUT2D eigenvalue weighted by Gasteiger charge is 2.22. The van der Waals surface area contributed by atoms with Crippen LogP contribution < -0.4 is 0 Å². The predicted molar refractivity (Wildman–Crippen MR) is 75.4 cm³/mol. The van der Waals surface area contributed by atoms with E-state index in [1.54, 1.807) is 0 Å². The summed E-state index contributed by atoms with van der Waals surface area (Å²) in [6.45, 7) is 9.53.